The molecule has 2 aliphatic heterocycles. The summed E-state index contributed by atoms with van der Waals surface area (Å²) in [5.74, 6) is 3.39. The van der Waals surface area contributed by atoms with Gasteiger partial charge in [0.2, 0.25) is 0 Å². The van der Waals surface area contributed by atoms with E-state index in [0.717, 1.165) is 78.3 Å². The topological polar surface area (TPSA) is 18.5 Å². The molecule has 0 saturated heterocycles. The Morgan fingerprint density at radius 3 is 1.04 bits per heavy atom. The molecule has 1 aliphatic carbocycles. The molecule has 0 unspecified atom stereocenters. The van der Waals surface area contributed by atoms with Crippen molar-refractivity contribution in [3.8, 4) is 67.5 Å². The Morgan fingerprint density at radius 1 is 0.235 bits per heavy atom. The van der Waals surface area contributed by atoms with Gasteiger partial charge in [-0.3, -0.25) is 0 Å². The zero-order valence-electron chi connectivity index (χ0n) is 45.0. The molecule has 81 heavy (non-hydrogen) atoms. The predicted octanol–water partition coefficient (Wildman–Crippen LogP) is 20.3. The Hall–Kier alpha value is -10.0. The molecule has 0 bridgehead atoms. The third-order valence-electron chi connectivity index (χ3n) is 18.1. The molecule has 3 aliphatic rings. The van der Waals surface area contributed by atoms with E-state index in [-0.39, 0.29) is 5.41 Å². The van der Waals surface area contributed by atoms with Gasteiger partial charge in [0.05, 0.1) is 10.8 Å². The number of ether oxygens (including phenoxy) is 2. The van der Waals surface area contributed by atoms with Crippen LogP contribution in [-0.2, 0) is 16.2 Å². The SMILES string of the molecule is CC1(C)c2ccccc2-c2c(-c3c4cccc(-c5cccc6c5C(c5ccccc5)(c5ccccc5)c5ccccc5O6)c4cc4c(-c5cccc6c5C(c5ccccc5)(c5ccccc5)c5ccccc5O6)cccc34)cccc21. The number of rotatable bonds is 7. The van der Waals surface area contributed by atoms with Gasteiger partial charge in [-0.2, -0.15) is 0 Å². The first-order valence-electron chi connectivity index (χ1n) is 28.2. The number of para-hydroxylation sites is 2. The summed E-state index contributed by atoms with van der Waals surface area (Å²) >= 11 is 0. The van der Waals surface area contributed by atoms with Crippen LogP contribution >= 0.6 is 0 Å². The highest BCUT2D eigenvalue weighted by molar-refractivity contribution is 6.21. The van der Waals surface area contributed by atoms with Crippen LogP contribution in [0.2, 0.25) is 0 Å². The van der Waals surface area contributed by atoms with Gasteiger partial charge < -0.3 is 9.47 Å². The van der Waals surface area contributed by atoms with E-state index in [0.29, 0.717) is 0 Å². The fourth-order valence-electron chi connectivity index (χ4n) is 14.9. The Morgan fingerprint density at radius 2 is 0.568 bits per heavy atom. The summed E-state index contributed by atoms with van der Waals surface area (Å²) in [4.78, 5) is 0. The summed E-state index contributed by atoms with van der Waals surface area (Å²) < 4.78 is 14.3. The highest BCUT2D eigenvalue weighted by atomic mass is 16.5. The molecule has 0 saturated carbocycles. The molecule has 0 amide bonds. The number of benzene rings is 13. The van der Waals surface area contributed by atoms with Crippen LogP contribution in [-0.4, -0.2) is 0 Å². The third-order valence-corrected chi connectivity index (χ3v) is 18.1. The average molecular weight is 1040 g/mol. The van der Waals surface area contributed by atoms with Crippen molar-refractivity contribution in [3.63, 3.8) is 0 Å². The zero-order chi connectivity index (χ0) is 53.9. The lowest BCUT2D eigenvalue weighted by Gasteiger charge is -2.43. The van der Waals surface area contributed by atoms with Crippen molar-refractivity contribution in [1.82, 2.24) is 0 Å². The molecule has 13 aromatic rings. The second-order valence-corrected chi connectivity index (χ2v) is 22.5. The van der Waals surface area contributed by atoms with Crippen LogP contribution in [0.5, 0.6) is 23.0 Å². The first kappa shape index (κ1) is 47.0. The van der Waals surface area contributed by atoms with Crippen molar-refractivity contribution in [2.24, 2.45) is 0 Å². The molecular formula is C79H54O2. The van der Waals surface area contributed by atoms with Crippen molar-refractivity contribution in [2.75, 3.05) is 0 Å². The van der Waals surface area contributed by atoms with Gasteiger partial charge in [-0.1, -0.05) is 275 Å². The molecule has 13 aromatic carbocycles. The maximum Gasteiger partial charge on any atom is 0.132 e. The van der Waals surface area contributed by atoms with E-state index >= 15 is 0 Å². The summed E-state index contributed by atoms with van der Waals surface area (Å²) in [5.41, 5.74) is 19.6. The molecule has 0 aromatic heterocycles. The fraction of sp³-hybridized carbons (Fsp3) is 0.0633. The molecule has 0 atom stereocenters. The van der Waals surface area contributed by atoms with Gasteiger partial charge in [0, 0.05) is 27.7 Å². The van der Waals surface area contributed by atoms with Gasteiger partial charge >= 0.3 is 0 Å². The monoisotopic (exact) mass is 1030 g/mol. The van der Waals surface area contributed by atoms with Crippen molar-refractivity contribution in [3.05, 3.63) is 347 Å². The Kier molecular flexibility index (Phi) is 10.5. The van der Waals surface area contributed by atoms with E-state index in [1.54, 1.807) is 0 Å². The zero-order valence-corrected chi connectivity index (χ0v) is 45.0. The molecule has 382 valence electrons. The molecule has 0 radical (unpaired) electrons. The minimum Gasteiger partial charge on any atom is -0.457 e. The average Bonchev–Trinajstić information content (AvgIpc) is 3.26. The molecule has 16 rings (SSSR count). The highest BCUT2D eigenvalue weighted by Crippen LogP contribution is 2.62. The van der Waals surface area contributed by atoms with Crippen molar-refractivity contribution < 1.29 is 9.47 Å². The van der Waals surface area contributed by atoms with E-state index in [9.17, 15) is 0 Å². The second-order valence-electron chi connectivity index (χ2n) is 22.5. The quantitative estimate of drug-likeness (QED) is 0.148. The molecule has 0 N–H and O–H groups in total. The van der Waals surface area contributed by atoms with Crippen molar-refractivity contribution >= 4 is 21.5 Å². The van der Waals surface area contributed by atoms with Crippen LogP contribution in [0.25, 0.3) is 66.1 Å². The van der Waals surface area contributed by atoms with Crippen LogP contribution in [0.15, 0.2) is 291 Å². The number of hydrogen-bond acceptors (Lipinski definition) is 2. The first-order chi connectivity index (χ1) is 40.0. The molecule has 0 fully saturated rings. The first-order valence-corrected chi connectivity index (χ1v) is 28.2. The van der Waals surface area contributed by atoms with Crippen LogP contribution in [0.3, 0.4) is 0 Å². The Balaban J connectivity index is 1.06. The molecule has 0 spiro atoms. The van der Waals surface area contributed by atoms with E-state index in [4.69, 9.17) is 9.47 Å². The highest BCUT2D eigenvalue weighted by Gasteiger charge is 2.49. The number of hydrogen-bond donors (Lipinski definition) is 0. The summed E-state index contributed by atoms with van der Waals surface area (Å²) in [6.07, 6.45) is 0. The molecular weight excluding hydrogens is 981 g/mol. The van der Waals surface area contributed by atoms with Crippen molar-refractivity contribution in [1.29, 1.82) is 0 Å². The Bertz CT molecular complexity index is 4330. The summed E-state index contributed by atoms with van der Waals surface area (Å²) in [5, 5.41) is 4.67. The summed E-state index contributed by atoms with van der Waals surface area (Å²) in [6, 6.07) is 107. The molecule has 2 nitrogen and oxygen atoms in total. The van der Waals surface area contributed by atoms with Crippen LogP contribution in [0.1, 0.15) is 69.5 Å². The van der Waals surface area contributed by atoms with Gasteiger partial charge in [-0.15, -0.1) is 0 Å². The third kappa shape index (κ3) is 6.62. The standard InChI is InChI=1S/C79H54O2/c1-77(2)65-42-16-15-34-61(65)74-62(41-23-45-68(74)77)73-57-37-21-35-55(59-39-24-48-71-75(59)78(51-26-7-3-8-27-51,52-28-9-4-10-29-52)66-43-17-19-46-69(66)80-71)63(57)50-64-56(36-22-38-58(64)73)60-40-25-49-72-76(60)79(53-30-11-5-12-31-53,54-32-13-6-14-33-54)67-44-18-20-47-70(67)81-72/h3-50H,1-2H3. The van der Waals surface area contributed by atoms with Gasteiger partial charge in [0.25, 0.3) is 0 Å². The maximum atomic E-state index is 7.15. The van der Waals surface area contributed by atoms with E-state index in [2.05, 4.69) is 305 Å². The number of fused-ring (bicyclic) bond motifs is 9. The maximum absolute atomic E-state index is 7.15. The van der Waals surface area contributed by atoms with Crippen LogP contribution in [0.4, 0.5) is 0 Å². The lowest BCUT2D eigenvalue weighted by molar-refractivity contribution is 0.435. The Labute approximate surface area is 472 Å². The summed E-state index contributed by atoms with van der Waals surface area (Å²) in [7, 11) is 0. The molecule has 2 heterocycles. The molecule has 2 heteroatoms. The van der Waals surface area contributed by atoms with Gasteiger partial charge in [0.15, 0.2) is 0 Å². The summed E-state index contributed by atoms with van der Waals surface area (Å²) in [6.45, 7) is 4.77. The lowest BCUT2D eigenvalue weighted by atomic mass is 9.62. The van der Waals surface area contributed by atoms with Gasteiger partial charge in [-0.05, 0) is 130 Å². The normalized spacial score (nSPS) is 14.5. The van der Waals surface area contributed by atoms with Gasteiger partial charge in [0.1, 0.15) is 23.0 Å². The largest absolute Gasteiger partial charge is 0.457 e. The lowest BCUT2D eigenvalue weighted by Crippen LogP contribution is -2.34. The van der Waals surface area contributed by atoms with E-state index in [1.807, 2.05) is 0 Å². The minimum atomic E-state index is -0.747. The minimum absolute atomic E-state index is 0.201. The second kappa shape index (κ2) is 18.0. The van der Waals surface area contributed by atoms with Gasteiger partial charge in [-0.25, -0.2) is 0 Å². The smallest absolute Gasteiger partial charge is 0.132 e. The van der Waals surface area contributed by atoms with E-state index < -0.39 is 10.8 Å². The predicted molar refractivity (Wildman–Crippen MR) is 332 cm³/mol. The van der Waals surface area contributed by atoms with Crippen molar-refractivity contribution in [2.45, 2.75) is 30.1 Å². The van der Waals surface area contributed by atoms with E-state index in [1.165, 1.54) is 66.4 Å². The fourth-order valence-corrected chi connectivity index (χ4v) is 14.9. The van der Waals surface area contributed by atoms with Crippen LogP contribution in [0, 0.1) is 0 Å². The van der Waals surface area contributed by atoms with Crippen LogP contribution < -0.4 is 9.47 Å².